The fraction of sp³-hybridized carbons (Fsp3) is 0.529. The van der Waals surface area contributed by atoms with E-state index in [0.29, 0.717) is 18.3 Å². The van der Waals surface area contributed by atoms with E-state index in [4.69, 9.17) is 17.0 Å². The van der Waals surface area contributed by atoms with E-state index in [-0.39, 0.29) is 12.0 Å². The second-order valence-electron chi connectivity index (χ2n) is 6.58. The number of hydrogen-bond donors (Lipinski definition) is 2. The molecule has 1 aliphatic rings. The van der Waals surface area contributed by atoms with E-state index < -0.39 is 5.41 Å². The van der Waals surface area contributed by atoms with Crippen LogP contribution in [0.2, 0.25) is 0 Å². The van der Waals surface area contributed by atoms with E-state index >= 15 is 0 Å². The summed E-state index contributed by atoms with van der Waals surface area (Å²) in [5, 5.41) is 7.03. The molecule has 0 radical (unpaired) electrons. The SMILES string of the molecule is CC(C)(C)C(=O)OCCNC(=S)N[C@H]1CCc2ccccc21. The van der Waals surface area contributed by atoms with Gasteiger partial charge < -0.3 is 15.4 Å². The summed E-state index contributed by atoms with van der Waals surface area (Å²) >= 11 is 5.31. The van der Waals surface area contributed by atoms with Gasteiger partial charge >= 0.3 is 5.97 Å². The molecule has 0 saturated carbocycles. The molecular formula is C17H24N2O2S. The smallest absolute Gasteiger partial charge is 0.311 e. The van der Waals surface area contributed by atoms with Crippen LogP contribution >= 0.6 is 12.2 Å². The Labute approximate surface area is 137 Å². The number of esters is 1. The number of aryl methyl sites for hydroxylation is 1. The minimum atomic E-state index is -0.466. The lowest BCUT2D eigenvalue weighted by Gasteiger charge is -2.19. The zero-order valence-electron chi connectivity index (χ0n) is 13.4. The van der Waals surface area contributed by atoms with E-state index in [2.05, 4.69) is 34.9 Å². The van der Waals surface area contributed by atoms with Gasteiger partial charge in [-0.05, 0) is 57.0 Å². The molecule has 0 fully saturated rings. The molecule has 1 aliphatic carbocycles. The van der Waals surface area contributed by atoms with Gasteiger partial charge in [0.15, 0.2) is 5.11 Å². The first-order valence-corrected chi connectivity index (χ1v) is 8.08. The molecule has 1 aromatic rings. The van der Waals surface area contributed by atoms with Crippen LogP contribution in [0.15, 0.2) is 24.3 Å². The van der Waals surface area contributed by atoms with Crippen LogP contribution in [0.4, 0.5) is 0 Å². The van der Waals surface area contributed by atoms with E-state index in [1.165, 1.54) is 11.1 Å². The number of fused-ring (bicyclic) bond motifs is 1. The summed E-state index contributed by atoms with van der Waals surface area (Å²) in [6.07, 6.45) is 2.14. The van der Waals surface area contributed by atoms with Crippen LogP contribution in [0.5, 0.6) is 0 Å². The summed E-state index contributed by atoms with van der Waals surface area (Å²) in [6.45, 7) is 6.35. The molecule has 0 aliphatic heterocycles. The van der Waals surface area contributed by atoms with Crippen LogP contribution in [0.25, 0.3) is 0 Å². The number of nitrogens with one attached hydrogen (secondary N) is 2. The molecule has 1 aromatic carbocycles. The minimum absolute atomic E-state index is 0.196. The van der Waals surface area contributed by atoms with Gasteiger partial charge in [0, 0.05) is 0 Å². The second kappa shape index (κ2) is 7.09. The molecule has 4 nitrogen and oxygen atoms in total. The summed E-state index contributed by atoms with van der Waals surface area (Å²) < 4.78 is 5.19. The number of ether oxygens (including phenoxy) is 1. The highest BCUT2D eigenvalue weighted by Crippen LogP contribution is 2.30. The summed E-state index contributed by atoms with van der Waals surface area (Å²) in [7, 11) is 0. The maximum absolute atomic E-state index is 11.6. The average molecular weight is 320 g/mol. The van der Waals surface area contributed by atoms with Crippen LogP contribution in [-0.2, 0) is 16.0 Å². The van der Waals surface area contributed by atoms with Gasteiger partial charge in [-0.25, -0.2) is 0 Å². The van der Waals surface area contributed by atoms with Crippen LogP contribution in [-0.4, -0.2) is 24.2 Å². The van der Waals surface area contributed by atoms with Gasteiger partial charge in [0.25, 0.3) is 0 Å². The molecule has 0 unspecified atom stereocenters. The molecule has 5 heteroatoms. The highest BCUT2D eigenvalue weighted by atomic mass is 32.1. The van der Waals surface area contributed by atoms with Crippen molar-refractivity contribution in [2.45, 2.75) is 39.7 Å². The average Bonchev–Trinajstić information content (AvgIpc) is 2.86. The predicted molar refractivity (Wildman–Crippen MR) is 91.7 cm³/mol. The lowest BCUT2D eigenvalue weighted by molar-refractivity contribution is -0.152. The molecule has 1 atom stereocenters. The van der Waals surface area contributed by atoms with Crippen molar-refractivity contribution in [2.24, 2.45) is 5.41 Å². The Morgan fingerprint density at radius 3 is 2.82 bits per heavy atom. The van der Waals surface area contributed by atoms with E-state index in [1.54, 1.807) is 0 Å². The first-order valence-electron chi connectivity index (χ1n) is 7.67. The van der Waals surface area contributed by atoms with Crippen molar-refractivity contribution in [2.75, 3.05) is 13.2 Å². The fourth-order valence-corrected chi connectivity index (χ4v) is 2.69. The Morgan fingerprint density at radius 1 is 1.36 bits per heavy atom. The van der Waals surface area contributed by atoms with Crippen molar-refractivity contribution in [3.05, 3.63) is 35.4 Å². The second-order valence-corrected chi connectivity index (χ2v) is 6.98. The third kappa shape index (κ3) is 4.44. The lowest BCUT2D eigenvalue weighted by atomic mass is 9.97. The molecule has 0 heterocycles. The molecule has 0 saturated heterocycles. The van der Waals surface area contributed by atoms with Crippen LogP contribution in [0.3, 0.4) is 0 Å². The van der Waals surface area contributed by atoms with Gasteiger partial charge in [0.2, 0.25) is 0 Å². The molecular weight excluding hydrogens is 296 g/mol. The van der Waals surface area contributed by atoms with E-state index in [0.717, 1.165) is 12.8 Å². The number of thiocarbonyl (C=S) groups is 1. The largest absolute Gasteiger partial charge is 0.463 e. The first-order chi connectivity index (χ1) is 10.4. The Balaban J connectivity index is 1.70. The fourth-order valence-electron chi connectivity index (χ4n) is 2.44. The summed E-state index contributed by atoms with van der Waals surface area (Å²) in [5.41, 5.74) is 2.25. The Kier molecular flexibility index (Phi) is 5.40. The van der Waals surface area contributed by atoms with Gasteiger partial charge in [-0.15, -0.1) is 0 Å². The summed E-state index contributed by atoms with van der Waals surface area (Å²) in [6, 6.07) is 8.71. The van der Waals surface area contributed by atoms with Crippen LogP contribution in [0.1, 0.15) is 44.4 Å². The zero-order chi connectivity index (χ0) is 16.2. The Hall–Kier alpha value is -1.62. The third-order valence-corrected chi connectivity index (χ3v) is 3.93. The van der Waals surface area contributed by atoms with Gasteiger partial charge in [-0.3, -0.25) is 4.79 Å². The lowest BCUT2D eigenvalue weighted by Crippen LogP contribution is -2.39. The van der Waals surface area contributed by atoms with Crippen molar-refractivity contribution < 1.29 is 9.53 Å². The monoisotopic (exact) mass is 320 g/mol. The number of benzene rings is 1. The molecule has 2 rings (SSSR count). The van der Waals surface area contributed by atoms with Crippen molar-refractivity contribution in [3.63, 3.8) is 0 Å². The Morgan fingerprint density at radius 2 is 2.09 bits per heavy atom. The van der Waals surface area contributed by atoms with Crippen molar-refractivity contribution in [1.82, 2.24) is 10.6 Å². The van der Waals surface area contributed by atoms with Crippen molar-refractivity contribution >= 4 is 23.3 Å². The van der Waals surface area contributed by atoms with Gasteiger partial charge in [-0.1, -0.05) is 24.3 Å². The first kappa shape index (κ1) is 16.7. The van der Waals surface area contributed by atoms with Crippen molar-refractivity contribution in [1.29, 1.82) is 0 Å². The molecule has 0 amide bonds. The van der Waals surface area contributed by atoms with Gasteiger partial charge in [0.05, 0.1) is 18.0 Å². The van der Waals surface area contributed by atoms with Crippen molar-refractivity contribution in [3.8, 4) is 0 Å². The highest BCUT2D eigenvalue weighted by Gasteiger charge is 2.23. The number of hydrogen-bond acceptors (Lipinski definition) is 3. The van der Waals surface area contributed by atoms with Gasteiger partial charge in [-0.2, -0.15) is 0 Å². The minimum Gasteiger partial charge on any atom is -0.463 e. The number of rotatable bonds is 4. The molecule has 0 bridgehead atoms. The molecule has 22 heavy (non-hydrogen) atoms. The van der Waals surface area contributed by atoms with Gasteiger partial charge in [0.1, 0.15) is 6.61 Å². The highest BCUT2D eigenvalue weighted by molar-refractivity contribution is 7.80. The zero-order valence-corrected chi connectivity index (χ0v) is 14.3. The molecule has 0 aromatic heterocycles. The standard InChI is InChI=1S/C17H24N2O2S/c1-17(2,3)15(20)21-11-10-18-16(22)19-14-9-8-12-6-4-5-7-13(12)14/h4-7,14H,8-11H2,1-3H3,(H2,18,19,22)/t14-/m0/s1. The van der Waals surface area contributed by atoms with Crippen LogP contribution in [0, 0.1) is 5.41 Å². The number of carbonyl (C=O) groups excluding carboxylic acids is 1. The maximum Gasteiger partial charge on any atom is 0.311 e. The third-order valence-electron chi connectivity index (χ3n) is 3.67. The summed E-state index contributed by atoms with van der Waals surface area (Å²) in [4.78, 5) is 11.6. The van der Waals surface area contributed by atoms with E-state index in [9.17, 15) is 4.79 Å². The maximum atomic E-state index is 11.6. The van der Waals surface area contributed by atoms with E-state index in [1.807, 2.05) is 20.8 Å². The quantitative estimate of drug-likeness (QED) is 0.507. The predicted octanol–water partition coefficient (Wildman–Crippen LogP) is 2.73. The number of carbonyl (C=O) groups is 1. The van der Waals surface area contributed by atoms with Crippen LogP contribution < -0.4 is 10.6 Å². The summed E-state index contributed by atoms with van der Waals surface area (Å²) in [5.74, 6) is -0.196. The molecule has 0 spiro atoms. The molecule has 2 N–H and O–H groups in total. The topological polar surface area (TPSA) is 50.4 Å². The Bertz CT molecular complexity index is 552. The molecule has 120 valence electrons. The normalized spacial score (nSPS) is 16.8.